The van der Waals surface area contributed by atoms with E-state index in [2.05, 4.69) is 26.6 Å². The van der Waals surface area contributed by atoms with Crippen LogP contribution in [-0.2, 0) is 0 Å². The highest BCUT2D eigenvalue weighted by Crippen LogP contribution is 2.36. The van der Waals surface area contributed by atoms with Crippen molar-refractivity contribution < 1.29 is 0 Å². The molecule has 2 heterocycles. The minimum absolute atomic E-state index is 0.583. The van der Waals surface area contributed by atoms with E-state index in [0.717, 1.165) is 15.9 Å². The molecule has 19 heavy (non-hydrogen) atoms. The first-order valence-electron chi connectivity index (χ1n) is 6.55. The van der Waals surface area contributed by atoms with Gasteiger partial charge in [0.25, 0.3) is 5.78 Å². The molecule has 0 saturated heterocycles. The Balaban J connectivity index is 1.90. The maximum atomic E-state index is 4.62. The molecule has 6 heteroatoms. The molecule has 1 aromatic carbocycles. The van der Waals surface area contributed by atoms with Crippen LogP contribution in [0.4, 0.5) is 0 Å². The monoisotopic (exact) mass is 271 g/mol. The van der Waals surface area contributed by atoms with Crippen LogP contribution in [0, 0.1) is 0 Å². The number of thioether (sulfide) groups is 1. The Morgan fingerprint density at radius 3 is 2.89 bits per heavy atom. The molecular formula is C13H13N5S. The molecule has 96 valence electrons. The van der Waals surface area contributed by atoms with Crippen LogP contribution in [0.5, 0.6) is 0 Å². The number of benzene rings is 1. The topological polar surface area (TPSA) is 56.0 Å². The molecule has 0 radical (unpaired) electrons. The molecule has 1 aliphatic rings. The van der Waals surface area contributed by atoms with E-state index in [1.165, 1.54) is 25.7 Å². The first-order chi connectivity index (χ1) is 9.42. The molecule has 0 bridgehead atoms. The molecule has 1 fully saturated rings. The lowest BCUT2D eigenvalue weighted by Gasteiger charge is -2.10. The third-order valence-corrected chi connectivity index (χ3v) is 4.94. The number of fused-ring (bicyclic) bond motifs is 3. The van der Waals surface area contributed by atoms with Gasteiger partial charge in [-0.1, -0.05) is 36.1 Å². The van der Waals surface area contributed by atoms with Crippen molar-refractivity contribution in [2.45, 2.75) is 36.0 Å². The van der Waals surface area contributed by atoms with E-state index in [9.17, 15) is 0 Å². The average molecular weight is 271 g/mol. The van der Waals surface area contributed by atoms with E-state index >= 15 is 0 Å². The van der Waals surface area contributed by atoms with Gasteiger partial charge in [-0.15, -0.1) is 11.8 Å². The first-order valence-corrected chi connectivity index (χ1v) is 7.43. The van der Waals surface area contributed by atoms with Crippen LogP contribution in [-0.4, -0.2) is 30.3 Å². The van der Waals surface area contributed by atoms with Gasteiger partial charge in [-0.2, -0.15) is 4.52 Å². The SMILES string of the molecule is c1ccc2c(c1)c(SC1CCCC1)nc1nnnn12. The summed E-state index contributed by atoms with van der Waals surface area (Å²) < 4.78 is 1.70. The standard InChI is InChI=1S/C13H13N5S/c1-2-6-9(5-1)19-12-10-7-3-4-8-11(10)18-13(14-12)15-16-17-18/h3-4,7-9H,1-2,5-6H2. The lowest BCUT2D eigenvalue weighted by molar-refractivity contribution is 0.838. The van der Waals surface area contributed by atoms with E-state index < -0.39 is 0 Å². The van der Waals surface area contributed by atoms with Crippen LogP contribution in [0.15, 0.2) is 29.3 Å². The van der Waals surface area contributed by atoms with Crippen molar-refractivity contribution >= 4 is 28.4 Å². The van der Waals surface area contributed by atoms with Gasteiger partial charge < -0.3 is 0 Å². The predicted molar refractivity (Wildman–Crippen MR) is 74.2 cm³/mol. The van der Waals surface area contributed by atoms with Crippen molar-refractivity contribution in [1.29, 1.82) is 0 Å². The predicted octanol–water partition coefficient (Wildman–Crippen LogP) is 2.71. The van der Waals surface area contributed by atoms with Gasteiger partial charge in [0, 0.05) is 10.6 Å². The number of para-hydroxylation sites is 1. The second kappa shape index (κ2) is 4.45. The molecule has 1 saturated carbocycles. The van der Waals surface area contributed by atoms with Crippen LogP contribution >= 0.6 is 11.8 Å². The van der Waals surface area contributed by atoms with Crippen LogP contribution in [0.1, 0.15) is 25.7 Å². The summed E-state index contributed by atoms with van der Waals surface area (Å²) in [7, 11) is 0. The van der Waals surface area contributed by atoms with Gasteiger partial charge in [-0.3, -0.25) is 0 Å². The number of hydrogen-bond donors (Lipinski definition) is 0. The van der Waals surface area contributed by atoms with Crippen LogP contribution in [0.2, 0.25) is 0 Å². The summed E-state index contributed by atoms with van der Waals surface area (Å²) in [5.74, 6) is 0.583. The summed E-state index contributed by atoms with van der Waals surface area (Å²) in [6.07, 6.45) is 5.25. The largest absolute Gasteiger partial charge is 0.275 e. The Hall–Kier alpha value is -1.69. The normalized spacial score (nSPS) is 16.6. The average Bonchev–Trinajstić information content (AvgIpc) is 3.10. The molecule has 0 atom stereocenters. The van der Waals surface area contributed by atoms with E-state index in [1.807, 2.05) is 30.0 Å². The van der Waals surface area contributed by atoms with Gasteiger partial charge in [0.2, 0.25) is 0 Å². The van der Waals surface area contributed by atoms with Crippen molar-refractivity contribution in [2.75, 3.05) is 0 Å². The molecule has 5 nitrogen and oxygen atoms in total. The lowest BCUT2D eigenvalue weighted by Crippen LogP contribution is -2.00. The fourth-order valence-corrected chi connectivity index (χ4v) is 3.97. The Bertz CT molecular complexity index is 732. The van der Waals surface area contributed by atoms with Crippen molar-refractivity contribution in [3.63, 3.8) is 0 Å². The second-order valence-corrected chi connectivity index (χ2v) is 6.14. The molecule has 0 spiro atoms. The van der Waals surface area contributed by atoms with E-state index in [0.29, 0.717) is 11.0 Å². The van der Waals surface area contributed by atoms with Crippen molar-refractivity contribution in [2.24, 2.45) is 0 Å². The number of nitrogens with zero attached hydrogens (tertiary/aromatic N) is 5. The quantitative estimate of drug-likeness (QED) is 0.671. The third kappa shape index (κ3) is 1.87. The summed E-state index contributed by atoms with van der Waals surface area (Å²) in [4.78, 5) is 4.62. The zero-order valence-electron chi connectivity index (χ0n) is 10.4. The highest BCUT2D eigenvalue weighted by Gasteiger charge is 2.19. The molecular weight excluding hydrogens is 258 g/mol. The third-order valence-electron chi connectivity index (χ3n) is 3.60. The smallest absolute Gasteiger partial charge is 0.202 e. The maximum absolute atomic E-state index is 4.62. The number of hydrogen-bond acceptors (Lipinski definition) is 5. The van der Waals surface area contributed by atoms with Crippen molar-refractivity contribution in [1.82, 2.24) is 25.0 Å². The molecule has 3 aromatic rings. The molecule has 0 aliphatic heterocycles. The zero-order chi connectivity index (χ0) is 12.7. The molecule has 4 rings (SSSR count). The zero-order valence-corrected chi connectivity index (χ0v) is 11.2. The van der Waals surface area contributed by atoms with E-state index in [-0.39, 0.29) is 0 Å². The summed E-state index contributed by atoms with van der Waals surface area (Å²) in [5.41, 5.74) is 1.03. The Morgan fingerprint density at radius 2 is 2.00 bits per heavy atom. The van der Waals surface area contributed by atoms with Crippen LogP contribution in [0.3, 0.4) is 0 Å². The van der Waals surface area contributed by atoms with Crippen molar-refractivity contribution in [3.8, 4) is 0 Å². The van der Waals surface area contributed by atoms with Crippen LogP contribution < -0.4 is 0 Å². The molecule has 0 unspecified atom stereocenters. The summed E-state index contributed by atoms with van der Waals surface area (Å²) in [6, 6.07) is 8.19. The minimum Gasteiger partial charge on any atom is -0.202 e. The number of tetrazole rings is 1. The number of aromatic nitrogens is 5. The molecule has 0 amide bonds. The molecule has 0 N–H and O–H groups in total. The first kappa shape index (κ1) is 11.2. The molecule has 1 aliphatic carbocycles. The van der Waals surface area contributed by atoms with Gasteiger partial charge in [-0.25, -0.2) is 4.98 Å². The summed E-state index contributed by atoms with van der Waals surface area (Å²) in [6.45, 7) is 0. The fourth-order valence-electron chi connectivity index (χ4n) is 2.65. The highest BCUT2D eigenvalue weighted by molar-refractivity contribution is 8.00. The van der Waals surface area contributed by atoms with Gasteiger partial charge in [0.1, 0.15) is 5.03 Å². The van der Waals surface area contributed by atoms with Gasteiger partial charge in [-0.05, 0) is 29.3 Å². The van der Waals surface area contributed by atoms with Crippen molar-refractivity contribution in [3.05, 3.63) is 24.3 Å². The van der Waals surface area contributed by atoms with Gasteiger partial charge >= 0.3 is 0 Å². The second-order valence-electron chi connectivity index (χ2n) is 4.85. The fraction of sp³-hybridized carbons (Fsp3) is 0.385. The Morgan fingerprint density at radius 1 is 1.16 bits per heavy atom. The summed E-state index contributed by atoms with van der Waals surface area (Å²) >= 11 is 1.88. The minimum atomic E-state index is 0.583. The molecule has 2 aromatic heterocycles. The summed E-state index contributed by atoms with van der Waals surface area (Å²) in [5, 5.41) is 14.6. The van der Waals surface area contributed by atoms with Crippen LogP contribution in [0.25, 0.3) is 16.7 Å². The van der Waals surface area contributed by atoms with Gasteiger partial charge in [0.15, 0.2) is 0 Å². The lowest BCUT2D eigenvalue weighted by atomic mass is 10.2. The van der Waals surface area contributed by atoms with E-state index in [4.69, 9.17) is 0 Å². The Kier molecular flexibility index (Phi) is 2.61. The highest BCUT2D eigenvalue weighted by atomic mass is 32.2. The Labute approximate surface area is 114 Å². The van der Waals surface area contributed by atoms with E-state index in [1.54, 1.807) is 4.52 Å². The maximum Gasteiger partial charge on any atom is 0.275 e. The number of rotatable bonds is 2. The van der Waals surface area contributed by atoms with Gasteiger partial charge in [0.05, 0.1) is 5.52 Å².